The standard InChI is InChI=1S/C17H26N2O3/c1-2-3-10-18-17(20)12-19-15-8-4-5-9-16(15)22-13-14-7-6-11-21-14/h4-5,8-9,14,19H,2-3,6-7,10-13H2,1H3,(H,18,20). The van der Waals surface area contributed by atoms with Gasteiger partial charge in [0.15, 0.2) is 0 Å². The normalized spacial score (nSPS) is 17.2. The van der Waals surface area contributed by atoms with Gasteiger partial charge >= 0.3 is 0 Å². The second-order valence-electron chi connectivity index (χ2n) is 5.50. The summed E-state index contributed by atoms with van der Waals surface area (Å²) in [5.41, 5.74) is 0.839. The second kappa shape index (κ2) is 9.30. The topological polar surface area (TPSA) is 59.6 Å². The van der Waals surface area contributed by atoms with Gasteiger partial charge in [0, 0.05) is 13.2 Å². The Labute approximate surface area is 132 Å². The molecule has 5 heteroatoms. The number of para-hydroxylation sites is 2. The minimum absolute atomic E-state index is 0.00220. The van der Waals surface area contributed by atoms with Gasteiger partial charge in [-0.15, -0.1) is 0 Å². The largest absolute Gasteiger partial charge is 0.489 e. The summed E-state index contributed by atoms with van der Waals surface area (Å²) in [6.07, 6.45) is 4.42. The van der Waals surface area contributed by atoms with Crippen LogP contribution in [0, 0.1) is 0 Å². The highest BCUT2D eigenvalue weighted by Gasteiger charge is 2.16. The van der Waals surface area contributed by atoms with Crippen LogP contribution in [0.5, 0.6) is 5.75 Å². The van der Waals surface area contributed by atoms with Gasteiger partial charge in [-0.1, -0.05) is 25.5 Å². The minimum Gasteiger partial charge on any atom is -0.489 e. The van der Waals surface area contributed by atoms with Gasteiger partial charge in [0.1, 0.15) is 12.4 Å². The minimum atomic E-state index is 0.00220. The maximum absolute atomic E-state index is 11.7. The molecule has 2 rings (SSSR count). The zero-order valence-corrected chi connectivity index (χ0v) is 13.3. The number of benzene rings is 1. The first-order valence-corrected chi connectivity index (χ1v) is 8.13. The number of nitrogens with one attached hydrogen (secondary N) is 2. The summed E-state index contributed by atoms with van der Waals surface area (Å²) in [6, 6.07) is 7.68. The second-order valence-corrected chi connectivity index (χ2v) is 5.50. The molecular formula is C17H26N2O3. The predicted octanol–water partition coefficient (Wildman–Crippen LogP) is 2.57. The average molecular weight is 306 g/mol. The first kappa shape index (κ1) is 16.6. The lowest BCUT2D eigenvalue weighted by Crippen LogP contribution is -2.30. The first-order valence-electron chi connectivity index (χ1n) is 8.13. The molecule has 1 saturated heterocycles. The highest BCUT2D eigenvalue weighted by Crippen LogP contribution is 2.24. The van der Waals surface area contributed by atoms with Gasteiger partial charge in [-0.25, -0.2) is 0 Å². The Morgan fingerprint density at radius 3 is 3.05 bits per heavy atom. The van der Waals surface area contributed by atoms with E-state index in [9.17, 15) is 4.79 Å². The van der Waals surface area contributed by atoms with Gasteiger partial charge in [0.05, 0.1) is 18.3 Å². The molecule has 1 unspecified atom stereocenters. The number of carbonyl (C=O) groups excluding carboxylic acids is 1. The van der Waals surface area contributed by atoms with Crippen molar-refractivity contribution in [1.29, 1.82) is 0 Å². The van der Waals surface area contributed by atoms with E-state index in [0.717, 1.165) is 50.3 Å². The monoisotopic (exact) mass is 306 g/mol. The molecular weight excluding hydrogens is 280 g/mol. The quantitative estimate of drug-likeness (QED) is 0.688. The Balaban J connectivity index is 1.78. The van der Waals surface area contributed by atoms with Crippen molar-refractivity contribution in [3.63, 3.8) is 0 Å². The van der Waals surface area contributed by atoms with E-state index in [1.807, 2.05) is 24.3 Å². The van der Waals surface area contributed by atoms with Gasteiger partial charge in [-0.05, 0) is 31.4 Å². The summed E-state index contributed by atoms with van der Waals surface area (Å²) in [5, 5.41) is 6.03. The molecule has 1 aliphatic heterocycles. The SMILES string of the molecule is CCCCNC(=O)CNc1ccccc1OCC1CCCO1. The molecule has 22 heavy (non-hydrogen) atoms. The maximum Gasteiger partial charge on any atom is 0.239 e. The van der Waals surface area contributed by atoms with E-state index in [1.54, 1.807) is 0 Å². The summed E-state index contributed by atoms with van der Waals surface area (Å²) in [6.45, 7) is 4.47. The molecule has 0 aromatic heterocycles. The molecule has 5 nitrogen and oxygen atoms in total. The molecule has 1 aromatic rings. The highest BCUT2D eigenvalue weighted by molar-refractivity contribution is 5.81. The Morgan fingerprint density at radius 1 is 1.41 bits per heavy atom. The molecule has 122 valence electrons. The van der Waals surface area contributed by atoms with Crippen molar-refractivity contribution in [2.24, 2.45) is 0 Å². The Morgan fingerprint density at radius 2 is 2.27 bits per heavy atom. The molecule has 0 radical (unpaired) electrons. The van der Waals surface area contributed by atoms with Crippen molar-refractivity contribution in [1.82, 2.24) is 5.32 Å². The van der Waals surface area contributed by atoms with Gasteiger partial charge in [0.2, 0.25) is 5.91 Å². The van der Waals surface area contributed by atoms with E-state index < -0.39 is 0 Å². The summed E-state index contributed by atoms with van der Waals surface area (Å²) < 4.78 is 11.4. The van der Waals surface area contributed by atoms with Crippen LogP contribution < -0.4 is 15.4 Å². The van der Waals surface area contributed by atoms with E-state index in [0.29, 0.717) is 6.61 Å². The van der Waals surface area contributed by atoms with E-state index in [1.165, 1.54) is 0 Å². The van der Waals surface area contributed by atoms with Crippen LogP contribution in [-0.2, 0) is 9.53 Å². The lowest BCUT2D eigenvalue weighted by Gasteiger charge is -2.15. The number of amides is 1. The number of ether oxygens (including phenoxy) is 2. The van der Waals surface area contributed by atoms with Crippen molar-refractivity contribution in [2.45, 2.75) is 38.7 Å². The Hall–Kier alpha value is -1.75. The lowest BCUT2D eigenvalue weighted by atomic mass is 10.2. The van der Waals surface area contributed by atoms with Crippen LogP contribution in [-0.4, -0.2) is 38.3 Å². The number of hydrogen-bond donors (Lipinski definition) is 2. The lowest BCUT2D eigenvalue weighted by molar-refractivity contribution is -0.119. The summed E-state index contributed by atoms with van der Waals surface area (Å²) >= 11 is 0. The molecule has 0 bridgehead atoms. The number of carbonyl (C=O) groups is 1. The highest BCUT2D eigenvalue weighted by atomic mass is 16.5. The van der Waals surface area contributed by atoms with Crippen LogP contribution in [0.4, 0.5) is 5.69 Å². The van der Waals surface area contributed by atoms with Crippen molar-refractivity contribution < 1.29 is 14.3 Å². The smallest absolute Gasteiger partial charge is 0.239 e. The van der Waals surface area contributed by atoms with Crippen LogP contribution in [0.1, 0.15) is 32.6 Å². The van der Waals surface area contributed by atoms with E-state index in [4.69, 9.17) is 9.47 Å². The number of hydrogen-bond acceptors (Lipinski definition) is 4. The van der Waals surface area contributed by atoms with Crippen LogP contribution in [0.2, 0.25) is 0 Å². The third kappa shape index (κ3) is 5.56. The number of rotatable bonds is 9. The van der Waals surface area contributed by atoms with Gasteiger partial charge in [-0.2, -0.15) is 0 Å². The Bertz CT molecular complexity index is 459. The van der Waals surface area contributed by atoms with Crippen LogP contribution in [0.25, 0.3) is 0 Å². The van der Waals surface area contributed by atoms with Crippen LogP contribution in [0.3, 0.4) is 0 Å². The third-order valence-electron chi connectivity index (χ3n) is 3.63. The van der Waals surface area contributed by atoms with Crippen molar-refractivity contribution in [3.8, 4) is 5.75 Å². The van der Waals surface area contributed by atoms with E-state index in [2.05, 4.69) is 17.6 Å². The molecule has 0 saturated carbocycles. The van der Waals surface area contributed by atoms with Gasteiger partial charge in [0.25, 0.3) is 0 Å². The maximum atomic E-state index is 11.7. The summed E-state index contributed by atoms with van der Waals surface area (Å²) in [7, 11) is 0. The number of anilines is 1. The van der Waals surface area contributed by atoms with Crippen molar-refractivity contribution in [2.75, 3.05) is 31.6 Å². The predicted molar refractivity (Wildman–Crippen MR) is 87.3 cm³/mol. The molecule has 0 aliphatic carbocycles. The van der Waals surface area contributed by atoms with Gasteiger partial charge in [-0.3, -0.25) is 4.79 Å². The van der Waals surface area contributed by atoms with Crippen molar-refractivity contribution >= 4 is 11.6 Å². The van der Waals surface area contributed by atoms with Crippen molar-refractivity contribution in [3.05, 3.63) is 24.3 Å². The summed E-state index contributed by atoms with van der Waals surface area (Å²) in [5.74, 6) is 0.765. The zero-order valence-electron chi connectivity index (χ0n) is 13.3. The molecule has 1 amide bonds. The molecule has 1 fully saturated rings. The first-order chi connectivity index (χ1) is 10.8. The Kier molecular flexibility index (Phi) is 7.03. The van der Waals surface area contributed by atoms with Gasteiger partial charge < -0.3 is 20.1 Å². The fourth-order valence-corrected chi connectivity index (χ4v) is 2.34. The average Bonchev–Trinajstić information content (AvgIpc) is 3.05. The third-order valence-corrected chi connectivity index (χ3v) is 3.63. The zero-order chi connectivity index (χ0) is 15.6. The fourth-order valence-electron chi connectivity index (χ4n) is 2.34. The van der Waals surface area contributed by atoms with E-state index in [-0.39, 0.29) is 18.6 Å². The molecule has 1 heterocycles. The number of unbranched alkanes of at least 4 members (excludes halogenated alkanes) is 1. The molecule has 2 N–H and O–H groups in total. The summed E-state index contributed by atoms with van der Waals surface area (Å²) in [4.78, 5) is 11.7. The van der Waals surface area contributed by atoms with Crippen LogP contribution in [0.15, 0.2) is 24.3 Å². The van der Waals surface area contributed by atoms with Crippen LogP contribution >= 0.6 is 0 Å². The molecule has 1 aromatic carbocycles. The van der Waals surface area contributed by atoms with E-state index >= 15 is 0 Å². The fraction of sp³-hybridized carbons (Fsp3) is 0.588. The molecule has 1 atom stereocenters. The molecule has 0 spiro atoms. The molecule has 1 aliphatic rings.